The zero-order valence-corrected chi connectivity index (χ0v) is 12.4. The summed E-state index contributed by atoms with van der Waals surface area (Å²) in [6.45, 7) is 1.80. The van der Waals surface area contributed by atoms with Crippen LogP contribution in [-0.4, -0.2) is 22.3 Å². The molecule has 0 radical (unpaired) electrons. The first-order valence-corrected chi connectivity index (χ1v) is 7.34. The zero-order valence-electron chi connectivity index (χ0n) is 12.4. The molecule has 0 spiro atoms. The van der Waals surface area contributed by atoms with E-state index in [2.05, 4.69) is 0 Å². The summed E-state index contributed by atoms with van der Waals surface area (Å²) in [5.41, 5.74) is 3.60. The molecule has 0 fully saturated rings. The van der Waals surface area contributed by atoms with Crippen LogP contribution in [0.15, 0.2) is 41.0 Å². The first-order valence-electron chi connectivity index (χ1n) is 7.34. The van der Waals surface area contributed by atoms with Crippen LogP contribution in [0.1, 0.15) is 39.2 Å². The number of allylic oxidation sites excluding steroid dienone is 1. The van der Waals surface area contributed by atoms with Gasteiger partial charge in [-0.25, -0.2) is 4.79 Å². The minimum absolute atomic E-state index is 0.345. The molecule has 1 aliphatic carbocycles. The highest BCUT2D eigenvalue weighted by Gasteiger charge is 2.24. The first kappa shape index (κ1) is 14.6. The molecule has 4 heteroatoms. The van der Waals surface area contributed by atoms with Crippen molar-refractivity contribution >= 4 is 11.5 Å². The van der Waals surface area contributed by atoms with Crippen molar-refractivity contribution in [2.24, 2.45) is 0 Å². The predicted molar refractivity (Wildman–Crippen MR) is 82.9 cm³/mol. The maximum absolute atomic E-state index is 11.4. The fourth-order valence-corrected chi connectivity index (χ4v) is 3.06. The molecular weight excluding hydrogens is 280 g/mol. The third-order valence-electron chi connectivity index (χ3n) is 4.18. The molecule has 0 saturated heterocycles. The Labute approximate surface area is 128 Å². The Morgan fingerprint density at radius 1 is 1.41 bits per heavy atom. The van der Waals surface area contributed by atoms with Crippen molar-refractivity contribution in [2.45, 2.75) is 32.3 Å². The molecule has 1 unspecified atom stereocenters. The fraction of sp³-hybridized carbons (Fsp3) is 0.278. The van der Waals surface area contributed by atoms with E-state index in [9.17, 15) is 15.0 Å². The Morgan fingerprint density at radius 3 is 3.00 bits per heavy atom. The van der Waals surface area contributed by atoms with Gasteiger partial charge in [-0.3, -0.25) is 0 Å². The van der Waals surface area contributed by atoms with E-state index in [1.807, 2.05) is 24.3 Å². The Kier molecular flexibility index (Phi) is 3.86. The van der Waals surface area contributed by atoms with Gasteiger partial charge in [-0.05, 0) is 42.5 Å². The lowest BCUT2D eigenvalue weighted by molar-refractivity contribution is 0.0695. The van der Waals surface area contributed by atoms with Crippen LogP contribution in [0.3, 0.4) is 0 Å². The molecule has 2 N–H and O–H groups in total. The maximum atomic E-state index is 11.4. The van der Waals surface area contributed by atoms with E-state index in [-0.39, 0.29) is 0 Å². The number of rotatable bonds is 3. The van der Waals surface area contributed by atoms with E-state index < -0.39 is 12.1 Å². The lowest BCUT2D eigenvalue weighted by Gasteiger charge is -2.20. The summed E-state index contributed by atoms with van der Waals surface area (Å²) < 4.78 is 5.42. The molecule has 1 aromatic carbocycles. The number of carboxylic acid groups (broad SMARTS) is 1. The van der Waals surface area contributed by atoms with E-state index in [1.54, 1.807) is 19.3 Å². The number of furan rings is 1. The lowest BCUT2D eigenvalue weighted by atomic mass is 9.88. The summed E-state index contributed by atoms with van der Waals surface area (Å²) in [5, 5.41) is 19.6. The second kappa shape index (κ2) is 5.81. The number of hydrogen-bond acceptors (Lipinski definition) is 3. The van der Waals surface area contributed by atoms with Crippen LogP contribution < -0.4 is 0 Å². The van der Waals surface area contributed by atoms with Crippen LogP contribution in [0, 0.1) is 6.92 Å². The minimum Gasteiger partial charge on any atom is -0.478 e. The second-order valence-corrected chi connectivity index (χ2v) is 5.59. The van der Waals surface area contributed by atoms with Gasteiger partial charge in [0.1, 0.15) is 5.76 Å². The molecule has 0 saturated carbocycles. The zero-order chi connectivity index (χ0) is 15.7. The largest absolute Gasteiger partial charge is 0.478 e. The van der Waals surface area contributed by atoms with E-state index in [4.69, 9.17) is 4.42 Å². The number of aryl methyl sites for hydroxylation is 2. The van der Waals surface area contributed by atoms with Gasteiger partial charge in [-0.1, -0.05) is 24.3 Å². The van der Waals surface area contributed by atoms with Crippen LogP contribution in [0.25, 0.3) is 5.57 Å². The highest BCUT2D eigenvalue weighted by molar-refractivity contribution is 5.91. The number of aromatic carboxylic acids is 1. The molecule has 1 aromatic heterocycles. The number of fused-ring (bicyclic) bond motifs is 1. The summed E-state index contributed by atoms with van der Waals surface area (Å²) in [6, 6.07) is 7.33. The van der Waals surface area contributed by atoms with Gasteiger partial charge in [0.05, 0.1) is 17.9 Å². The molecule has 2 aromatic rings. The third-order valence-corrected chi connectivity index (χ3v) is 4.18. The van der Waals surface area contributed by atoms with Crippen LogP contribution in [0.4, 0.5) is 0 Å². The SMILES string of the molecule is Cc1cccc(C/C=C2/c3ccoc3CCC2O)c1C(=O)O. The van der Waals surface area contributed by atoms with Crippen molar-refractivity contribution in [3.63, 3.8) is 0 Å². The van der Waals surface area contributed by atoms with Gasteiger partial charge in [0.25, 0.3) is 0 Å². The molecule has 4 nitrogen and oxygen atoms in total. The van der Waals surface area contributed by atoms with Gasteiger partial charge in [-0.2, -0.15) is 0 Å². The van der Waals surface area contributed by atoms with Crippen molar-refractivity contribution in [1.82, 2.24) is 0 Å². The molecule has 1 atom stereocenters. The predicted octanol–water partition coefficient (Wildman–Crippen LogP) is 3.22. The van der Waals surface area contributed by atoms with Crippen LogP contribution in [-0.2, 0) is 12.8 Å². The summed E-state index contributed by atoms with van der Waals surface area (Å²) in [5.74, 6) is -0.0288. The van der Waals surface area contributed by atoms with Crippen molar-refractivity contribution in [3.05, 3.63) is 64.6 Å². The van der Waals surface area contributed by atoms with Gasteiger partial charge < -0.3 is 14.6 Å². The highest BCUT2D eigenvalue weighted by Crippen LogP contribution is 2.32. The van der Waals surface area contributed by atoms with Crippen LogP contribution in [0.2, 0.25) is 0 Å². The number of hydrogen-bond donors (Lipinski definition) is 2. The molecule has 1 heterocycles. The molecular formula is C18H18O4. The number of benzene rings is 1. The molecule has 22 heavy (non-hydrogen) atoms. The molecule has 0 bridgehead atoms. The average molecular weight is 298 g/mol. The Morgan fingerprint density at radius 2 is 2.23 bits per heavy atom. The third kappa shape index (κ3) is 2.57. The Bertz CT molecular complexity index is 739. The summed E-state index contributed by atoms with van der Waals surface area (Å²) >= 11 is 0. The van der Waals surface area contributed by atoms with Gasteiger partial charge in [0, 0.05) is 12.0 Å². The van der Waals surface area contributed by atoms with E-state index >= 15 is 0 Å². The molecule has 1 aliphatic rings. The topological polar surface area (TPSA) is 70.7 Å². The van der Waals surface area contributed by atoms with Gasteiger partial charge in [0.15, 0.2) is 0 Å². The Balaban J connectivity index is 1.96. The van der Waals surface area contributed by atoms with Crippen molar-refractivity contribution in [2.75, 3.05) is 0 Å². The quantitative estimate of drug-likeness (QED) is 0.912. The fourth-order valence-electron chi connectivity index (χ4n) is 3.06. The first-order chi connectivity index (χ1) is 10.6. The number of carboxylic acids is 1. The van der Waals surface area contributed by atoms with Gasteiger partial charge >= 0.3 is 5.97 Å². The number of aliphatic hydroxyl groups excluding tert-OH is 1. The second-order valence-electron chi connectivity index (χ2n) is 5.59. The smallest absolute Gasteiger partial charge is 0.336 e. The maximum Gasteiger partial charge on any atom is 0.336 e. The van der Waals surface area contributed by atoms with Crippen molar-refractivity contribution < 1.29 is 19.4 Å². The van der Waals surface area contributed by atoms with Crippen molar-refractivity contribution in [1.29, 1.82) is 0 Å². The van der Waals surface area contributed by atoms with Crippen LogP contribution >= 0.6 is 0 Å². The van der Waals surface area contributed by atoms with E-state index in [1.165, 1.54) is 0 Å². The minimum atomic E-state index is -0.917. The number of carbonyl (C=O) groups is 1. The summed E-state index contributed by atoms with van der Waals surface area (Å²) in [4.78, 5) is 11.4. The summed E-state index contributed by atoms with van der Waals surface area (Å²) in [6.07, 6.45) is 4.85. The molecule has 0 amide bonds. The average Bonchev–Trinajstić information content (AvgIpc) is 2.94. The lowest BCUT2D eigenvalue weighted by Crippen LogP contribution is -2.16. The molecule has 114 valence electrons. The Hall–Kier alpha value is -2.33. The van der Waals surface area contributed by atoms with E-state index in [0.29, 0.717) is 18.4 Å². The summed E-state index contributed by atoms with van der Waals surface area (Å²) in [7, 11) is 0. The van der Waals surface area contributed by atoms with Crippen molar-refractivity contribution in [3.8, 4) is 0 Å². The normalized spacial score (nSPS) is 19.2. The number of aliphatic hydroxyl groups is 1. The van der Waals surface area contributed by atoms with Crippen LogP contribution in [0.5, 0.6) is 0 Å². The standard InChI is InChI=1S/C18H18O4/c1-11-3-2-4-12(17(11)18(20)21)5-6-13-14-9-10-22-16(14)8-7-15(13)19/h2-4,6,9-10,15,19H,5,7-8H2,1H3,(H,20,21)/b13-6-. The highest BCUT2D eigenvalue weighted by atomic mass is 16.4. The van der Waals surface area contributed by atoms with Gasteiger partial charge in [0.2, 0.25) is 0 Å². The monoisotopic (exact) mass is 298 g/mol. The molecule has 3 rings (SSSR count). The molecule has 0 aliphatic heterocycles. The van der Waals surface area contributed by atoms with Gasteiger partial charge in [-0.15, -0.1) is 0 Å². The van der Waals surface area contributed by atoms with E-state index in [0.717, 1.165) is 34.4 Å².